The van der Waals surface area contributed by atoms with Crippen molar-refractivity contribution in [3.8, 4) is 5.75 Å². The van der Waals surface area contributed by atoms with Crippen LogP contribution in [-0.2, 0) is 21.2 Å². The molecule has 0 aliphatic carbocycles. The SMILES string of the molecule is COc1ccc(S(=O)(=O)NC(Cc2ccccc2)C(=O)N2CCN(C(c3ccccc3)c3ccccc3)CC2)cc1Cl. The molecule has 4 aromatic rings. The number of carbonyl (C=O) groups excluding carboxylic acids is 1. The Morgan fingerprint density at radius 1 is 0.833 bits per heavy atom. The van der Waals surface area contributed by atoms with Crippen molar-refractivity contribution in [2.24, 2.45) is 0 Å². The zero-order chi connectivity index (χ0) is 29.5. The molecule has 0 aromatic heterocycles. The maximum atomic E-state index is 13.9. The van der Waals surface area contributed by atoms with Crippen LogP contribution in [0.1, 0.15) is 22.7 Å². The molecule has 1 amide bonds. The highest BCUT2D eigenvalue weighted by atomic mass is 35.5. The quantitative estimate of drug-likeness (QED) is 0.271. The molecule has 1 atom stereocenters. The minimum absolute atomic E-state index is 0.0301. The number of nitrogens with zero attached hydrogens (tertiary/aromatic N) is 2. The molecule has 5 rings (SSSR count). The Bertz CT molecular complexity index is 1540. The van der Waals surface area contributed by atoms with Crippen LogP contribution >= 0.6 is 11.6 Å². The molecule has 1 aliphatic heterocycles. The first-order chi connectivity index (χ1) is 20.4. The summed E-state index contributed by atoms with van der Waals surface area (Å²) < 4.78 is 34.7. The third kappa shape index (κ3) is 7.02. The van der Waals surface area contributed by atoms with Gasteiger partial charge in [0.05, 0.1) is 23.1 Å². The Balaban J connectivity index is 1.35. The number of benzene rings is 4. The molecule has 9 heteroatoms. The predicted molar refractivity (Wildman–Crippen MR) is 165 cm³/mol. The standard InChI is InChI=1S/C33H34ClN3O4S/c1-41-31-18-17-28(24-29(31)34)42(39,40)35-30(23-25-11-5-2-6-12-25)33(38)37-21-19-36(20-22-37)32(26-13-7-3-8-14-26)27-15-9-4-10-16-27/h2-18,24,30,32,35H,19-23H2,1H3. The van der Waals surface area contributed by atoms with Crippen molar-refractivity contribution in [1.82, 2.24) is 14.5 Å². The fraction of sp³-hybridized carbons (Fsp3) is 0.242. The third-order valence-electron chi connectivity index (χ3n) is 7.53. The maximum Gasteiger partial charge on any atom is 0.241 e. The van der Waals surface area contributed by atoms with Gasteiger partial charge in [-0.05, 0) is 41.3 Å². The van der Waals surface area contributed by atoms with Gasteiger partial charge in [0.1, 0.15) is 11.8 Å². The van der Waals surface area contributed by atoms with E-state index in [-0.39, 0.29) is 28.3 Å². The van der Waals surface area contributed by atoms with Gasteiger partial charge in [-0.1, -0.05) is 103 Å². The van der Waals surface area contributed by atoms with Gasteiger partial charge in [0.15, 0.2) is 0 Å². The Kier molecular flexibility index (Phi) is 9.59. The molecule has 0 spiro atoms. The molecule has 218 valence electrons. The van der Waals surface area contributed by atoms with Crippen molar-refractivity contribution in [1.29, 1.82) is 0 Å². The van der Waals surface area contributed by atoms with Crippen LogP contribution in [0, 0.1) is 0 Å². The lowest BCUT2D eigenvalue weighted by Gasteiger charge is -2.40. The summed E-state index contributed by atoms with van der Waals surface area (Å²) >= 11 is 6.22. The minimum Gasteiger partial charge on any atom is -0.495 e. The second-order valence-corrected chi connectivity index (χ2v) is 12.4. The molecule has 1 unspecified atom stereocenters. The fourth-order valence-electron chi connectivity index (χ4n) is 5.40. The topological polar surface area (TPSA) is 78.9 Å². The van der Waals surface area contributed by atoms with Gasteiger partial charge in [0, 0.05) is 26.2 Å². The van der Waals surface area contributed by atoms with Gasteiger partial charge in [0.25, 0.3) is 0 Å². The fourth-order valence-corrected chi connectivity index (χ4v) is 6.94. The summed E-state index contributed by atoms with van der Waals surface area (Å²) in [6.07, 6.45) is 0.222. The van der Waals surface area contributed by atoms with Crippen LogP contribution in [-0.4, -0.2) is 63.5 Å². The second-order valence-electron chi connectivity index (χ2n) is 10.2. The summed E-state index contributed by atoms with van der Waals surface area (Å²) in [6, 6.07) is 33.5. The monoisotopic (exact) mass is 603 g/mol. The van der Waals surface area contributed by atoms with Gasteiger partial charge >= 0.3 is 0 Å². The number of hydrogen-bond donors (Lipinski definition) is 1. The second kappa shape index (κ2) is 13.5. The van der Waals surface area contributed by atoms with Gasteiger partial charge in [-0.25, -0.2) is 8.42 Å². The van der Waals surface area contributed by atoms with E-state index >= 15 is 0 Å². The van der Waals surface area contributed by atoms with Gasteiger partial charge in [-0.15, -0.1) is 0 Å². The zero-order valence-electron chi connectivity index (χ0n) is 23.4. The van der Waals surface area contributed by atoms with Crippen molar-refractivity contribution in [2.75, 3.05) is 33.3 Å². The van der Waals surface area contributed by atoms with Crippen LogP contribution < -0.4 is 9.46 Å². The van der Waals surface area contributed by atoms with Crippen LogP contribution in [0.4, 0.5) is 0 Å². The average molecular weight is 604 g/mol. The number of rotatable bonds is 10. The molecule has 0 bridgehead atoms. The van der Waals surface area contributed by atoms with E-state index in [9.17, 15) is 13.2 Å². The lowest BCUT2D eigenvalue weighted by atomic mass is 9.96. The first-order valence-corrected chi connectivity index (χ1v) is 15.7. The molecule has 1 aliphatic rings. The first kappa shape index (κ1) is 29.8. The molecular weight excluding hydrogens is 570 g/mol. The van der Waals surface area contributed by atoms with E-state index < -0.39 is 16.1 Å². The Morgan fingerprint density at radius 2 is 1.38 bits per heavy atom. The highest BCUT2D eigenvalue weighted by molar-refractivity contribution is 7.89. The van der Waals surface area contributed by atoms with Gasteiger partial charge in [-0.3, -0.25) is 9.69 Å². The van der Waals surface area contributed by atoms with Crippen LogP contribution in [0.2, 0.25) is 5.02 Å². The number of nitrogens with one attached hydrogen (secondary N) is 1. The summed E-state index contributed by atoms with van der Waals surface area (Å²) in [5.41, 5.74) is 3.24. The molecule has 1 saturated heterocycles. The lowest BCUT2D eigenvalue weighted by molar-refractivity contribution is -0.135. The maximum absolute atomic E-state index is 13.9. The first-order valence-electron chi connectivity index (χ1n) is 13.9. The van der Waals surface area contributed by atoms with E-state index in [1.54, 1.807) is 4.90 Å². The van der Waals surface area contributed by atoms with Gasteiger partial charge < -0.3 is 9.64 Å². The number of sulfonamides is 1. The molecule has 0 radical (unpaired) electrons. The van der Waals surface area contributed by atoms with Crippen LogP contribution in [0.15, 0.2) is 114 Å². The molecule has 1 fully saturated rings. The Hall–Kier alpha value is -3.69. The summed E-state index contributed by atoms with van der Waals surface area (Å²) in [5.74, 6) is 0.118. The van der Waals surface area contributed by atoms with Crippen molar-refractivity contribution in [2.45, 2.75) is 23.4 Å². The van der Waals surface area contributed by atoms with E-state index in [0.29, 0.717) is 31.9 Å². The molecule has 4 aromatic carbocycles. The summed E-state index contributed by atoms with van der Waals surface area (Å²) in [7, 11) is -2.59. The van der Waals surface area contributed by atoms with E-state index in [4.69, 9.17) is 16.3 Å². The summed E-state index contributed by atoms with van der Waals surface area (Å²) in [4.78, 5) is 18.0. The molecular formula is C33H34ClN3O4S. The van der Waals surface area contributed by atoms with Crippen LogP contribution in [0.25, 0.3) is 0 Å². The van der Waals surface area contributed by atoms with Crippen LogP contribution in [0.5, 0.6) is 5.75 Å². The number of halogens is 1. The molecule has 1 N–H and O–H groups in total. The highest BCUT2D eigenvalue weighted by Gasteiger charge is 2.33. The number of hydrogen-bond acceptors (Lipinski definition) is 5. The normalized spacial score (nSPS) is 15.0. The highest BCUT2D eigenvalue weighted by Crippen LogP contribution is 2.30. The van der Waals surface area contributed by atoms with Crippen LogP contribution in [0.3, 0.4) is 0 Å². The number of methoxy groups -OCH3 is 1. The summed E-state index contributed by atoms with van der Waals surface area (Å²) in [5, 5.41) is 0.175. The lowest BCUT2D eigenvalue weighted by Crippen LogP contribution is -2.56. The average Bonchev–Trinajstić information content (AvgIpc) is 3.02. The van der Waals surface area contributed by atoms with Crippen molar-refractivity contribution in [3.63, 3.8) is 0 Å². The molecule has 0 saturated carbocycles. The van der Waals surface area contributed by atoms with Crippen molar-refractivity contribution < 1.29 is 17.9 Å². The Morgan fingerprint density at radius 3 is 1.90 bits per heavy atom. The largest absolute Gasteiger partial charge is 0.495 e. The third-order valence-corrected chi connectivity index (χ3v) is 9.30. The number of piperazine rings is 1. The van der Waals surface area contributed by atoms with Crippen molar-refractivity contribution >= 4 is 27.5 Å². The van der Waals surface area contributed by atoms with E-state index in [2.05, 4.69) is 33.9 Å². The van der Waals surface area contributed by atoms with Gasteiger partial charge in [0.2, 0.25) is 15.9 Å². The molecule has 7 nitrogen and oxygen atoms in total. The smallest absolute Gasteiger partial charge is 0.241 e. The molecule has 1 heterocycles. The number of amides is 1. The van der Waals surface area contributed by atoms with E-state index in [1.807, 2.05) is 66.7 Å². The minimum atomic E-state index is -4.05. The predicted octanol–water partition coefficient (Wildman–Crippen LogP) is 5.17. The van der Waals surface area contributed by atoms with E-state index in [0.717, 1.165) is 5.56 Å². The number of ether oxygens (including phenoxy) is 1. The van der Waals surface area contributed by atoms with Gasteiger partial charge in [-0.2, -0.15) is 4.72 Å². The number of carbonyl (C=O) groups is 1. The van der Waals surface area contributed by atoms with Crippen molar-refractivity contribution in [3.05, 3.63) is 131 Å². The Labute approximate surface area is 252 Å². The van der Waals surface area contributed by atoms with E-state index in [1.165, 1.54) is 36.4 Å². The summed E-state index contributed by atoms with van der Waals surface area (Å²) in [6.45, 7) is 2.27. The molecule has 42 heavy (non-hydrogen) atoms. The zero-order valence-corrected chi connectivity index (χ0v) is 25.0.